The minimum Gasteiger partial charge on any atom is -0.493 e. The summed E-state index contributed by atoms with van der Waals surface area (Å²) >= 11 is 11.9. The van der Waals surface area contributed by atoms with Crippen molar-refractivity contribution >= 4 is 34.8 Å². The van der Waals surface area contributed by atoms with Gasteiger partial charge in [-0.1, -0.05) is 35.3 Å². The van der Waals surface area contributed by atoms with E-state index >= 15 is 0 Å². The van der Waals surface area contributed by atoms with Crippen molar-refractivity contribution in [3.63, 3.8) is 0 Å². The van der Waals surface area contributed by atoms with Gasteiger partial charge in [-0.15, -0.1) is 0 Å². The second kappa shape index (κ2) is 10.2. The van der Waals surface area contributed by atoms with Crippen LogP contribution in [0, 0.1) is 0 Å². The van der Waals surface area contributed by atoms with Crippen LogP contribution in [0.2, 0.25) is 10.0 Å². The van der Waals surface area contributed by atoms with Crippen molar-refractivity contribution in [2.75, 3.05) is 19.0 Å². The van der Waals surface area contributed by atoms with Gasteiger partial charge in [-0.25, -0.2) is 0 Å². The van der Waals surface area contributed by atoms with Crippen LogP contribution in [0.4, 0.5) is 5.69 Å². The molecular formula is C23H21Cl2NO4. The minimum atomic E-state index is -0.282. The third kappa shape index (κ3) is 5.38. The maximum Gasteiger partial charge on any atom is 0.255 e. The van der Waals surface area contributed by atoms with Gasteiger partial charge in [-0.3, -0.25) is 4.79 Å². The first-order chi connectivity index (χ1) is 14.5. The number of rotatable bonds is 8. The summed E-state index contributed by atoms with van der Waals surface area (Å²) in [5, 5.41) is 3.60. The molecule has 1 amide bonds. The SMILES string of the molecule is CCOc1ccc(C(=O)Nc2ccc(Cl)c(Cl)c2)cc1COc1ccccc1OC. The van der Waals surface area contributed by atoms with Gasteiger partial charge in [0.25, 0.3) is 5.91 Å². The van der Waals surface area contributed by atoms with Gasteiger partial charge in [-0.05, 0) is 55.5 Å². The first-order valence-corrected chi connectivity index (χ1v) is 10.1. The Hall–Kier alpha value is -2.89. The van der Waals surface area contributed by atoms with Crippen LogP contribution in [0.25, 0.3) is 0 Å². The number of carbonyl (C=O) groups is 1. The smallest absolute Gasteiger partial charge is 0.255 e. The third-order valence-corrected chi connectivity index (χ3v) is 4.99. The number of para-hydroxylation sites is 2. The summed E-state index contributed by atoms with van der Waals surface area (Å²) in [5.74, 6) is 1.60. The number of amides is 1. The molecule has 0 aromatic heterocycles. The Balaban J connectivity index is 1.80. The molecule has 0 radical (unpaired) electrons. The van der Waals surface area contributed by atoms with Crippen molar-refractivity contribution in [2.24, 2.45) is 0 Å². The van der Waals surface area contributed by atoms with E-state index in [1.165, 1.54) is 0 Å². The number of benzene rings is 3. The predicted octanol–water partition coefficient (Wildman–Crippen LogP) is 6.23. The van der Waals surface area contributed by atoms with Crippen molar-refractivity contribution in [1.29, 1.82) is 0 Å². The fraction of sp³-hybridized carbons (Fsp3) is 0.174. The summed E-state index contributed by atoms with van der Waals surface area (Å²) in [5.41, 5.74) is 1.75. The van der Waals surface area contributed by atoms with Gasteiger partial charge in [0.05, 0.1) is 23.8 Å². The van der Waals surface area contributed by atoms with Gasteiger partial charge in [0, 0.05) is 16.8 Å². The molecule has 0 unspecified atom stereocenters. The fourth-order valence-electron chi connectivity index (χ4n) is 2.80. The second-order valence-electron chi connectivity index (χ2n) is 6.28. The highest BCUT2D eigenvalue weighted by Crippen LogP contribution is 2.29. The average Bonchev–Trinajstić information content (AvgIpc) is 2.76. The fourth-order valence-corrected chi connectivity index (χ4v) is 3.10. The molecule has 5 nitrogen and oxygen atoms in total. The number of carbonyl (C=O) groups excluding carboxylic acids is 1. The van der Waals surface area contributed by atoms with E-state index in [2.05, 4.69) is 5.32 Å². The molecule has 0 atom stereocenters. The Morgan fingerprint density at radius 3 is 2.37 bits per heavy atom. The maximum absolute atomic E-state index is 12.7. The number of hydrogen-bond acceptors (Lipinski definition) is 4. The summed E-state index contributed by atoms with van der Waals surface area (Å²) in [4.78, 5) is 12.7. The molecule has 0 aliphatic rings. The first-order valence-electron chi connectivity index (χ1n) is 9.29. The van der Waals surface area contributed by atoms with E-state index in [-0.39, 0.29) is 12.5 Å². The lowest BCUT2D eigenvalue weighted by molar-refractivity contribution is 0.102. The number of nitrogens with one attached hydrogen (secondary N) is 1. The molecule has 156 valence electrons. The lowest BCUT2D eigenvalue weighted by Gasteiger charge is -2.15. The predicted molar refractivity (Wildman–Crippen MR) is 119 cm³/mol. The van der Waals surface area contributed by atoms with Gasteiger partial charge in [0.15, 0.2) is 11.5 Å². The van der Waals surface area contributed by atoms with Crippen LogP contribution in [0.15, 0.2) is 60.7 Å². The molecule has 30 heavy (non-hydrogen) atoms. The van der Waals surface area contributed by atoms with E-state index in [4.69, 9.17) is 37.4 Å². The van der Waals surface area contributed by atoms with Crippen molar-refractivity contribution in [3.05, 3.63) is 81.8 Å². The number of anilines is 1. The van der Waals surface area contributed by atoms with Gasteiger partial charge in [0.2, 0.25) is 0 Å². The van der Waals surface area contributed by atoms with E-state index in [1.807, 2.05) is 31.2 Å². The molecule has 7 heteroatoms. The Morgan fingerprint density at radius 2 is 1.67 bits per heavy atom. The molecule has 3 aromatic carbocycles. The number of methoxy groups -OCH3 is 1. The van der Waals surface area contributed by atoms with Gasteiger partial charge >= 0.3 is 0 Å². The quantitative estimate of drug-likeness (QED) is 0.446. The highest BCUT2D eigenvalue weighted by molar-refractivity contribution is 6.42. The van der Waals surface area contributed by atoms with Crippen LogP contribution >= 0.6 is 23.2 Å². The minimum absolute atomic E-state index is 0.212. The third-order valence-electron chi connectivity index (χ3n) is 4.25. The van der Waals surface area contributed by atoms with Crippen LogP contribution in [-0.2, 0) is 6.61 Å². The molecule has 3 rings (SSSR count). The molecule has 1 N–H and O–H groups in total. The van der Waals surface area contributed by atoms with Crippen LogP contribution in [0.1, 0.15) is 22.8 Å². The highest BCUT2D eigenvalue weighted by atomic mass is 35.5. The van der Waals surface area contributed by atoms with E-state index in [1.54, 1.807) is 43.5 Å². The largest absolute Gasteiger partial charge is 0.493 e. The van der Waals surface area contributed by atoms with Gasteiger partial charge in [0.1, 0.15) is 12.4 Å². The van der Waals surface area contributed by atoms with Crippen molar-refractivity contribution < 1.29 is 19.0 Å². The summed E-state index contributed by atoms with van der Waals surface area (Å²) in [6.45, 7) is 2.61. The molecule has 3 aromatic rings. The summed E-state index contributed by atoms with van der Waals surface area (Å²) in [6.07, 6.45) is 0. The zero-order valence-corrected chi connectivity index (χ0v) is 18.1. The van der Waals surface area contributed by atoms with Crippen LogP contribution < -0.4 is 19.5 Å². The van der Waals surface area contributed by atoms with E-state index in [0.717, 1.165) is 5.56 Å². The maximum atomic E-state index is 12.7. The number of hydrogen-bond donors (Lipinski definition) is 1. The Kier molecular flexibility index (Phi) is 7.44. The Labute approximate surface area is 185 Å². The second-order valence-corrected chi connectivity index (χ2v) is 7.09. The number of halogens is 2. The molecule has 0 saturated heterocycles. The highest BCUT2D eigenvalue weighted by Gasteiger charge is 2.13. The molecular weight excluding hydrogens is 425 g/mol. The van der Waals surface area contributed by atoms with Crippen molar-refractivity contribution in [3.8, 4) is 17.2 Å². The molecule has 0 spiro atoms. The Bertz CT molecular complexity index is 1040. The van der Waals surface area contributed by atoms with E-state index < -0.39 is 0 Å². The standard InChI is InChI=1S/C23H21Cl2NO4/c1-3-29-20-11-8-15(23(27)26-17-9-10-18(24)19(25)13-17)12-16(20)14-30-22-7-5-4-6-21(22)28-2/h4-13H,3,14H2,1-2H3,(H,26,27). The zero-order chi connectivity index (χ0) is 21.5. The monoisotopic (exact) mass is 445 g/mol. The first kappa shape index (κ1) is 21.8. The normalized spacial score (nSPS) is 10.4. The van der Waals surface area contributed by atoms with Crippen molar-refractivity contribution in [2.45, 2.75) is 13.5 Å². The molecule has 0 aliphatic carbocycles. The van der Waals surface area contributed by atoms with Crippen LogP contribution in [0.5, 0.6) is 17.2 Å². The summed E-state index contributed by atoms with van der Waals surface area (Å²) < 4.78 is 16.9. The molecule has 0 heterocycles. The average molecular weight is 446 g/mol. The zero-order valence-electron chi connectivity index (χ0n) is 16.6. The van der Waals surface area contributed by atoms with Crippen molar-refractivity contribution in [1.82, 2.24) is 0 Å². The van der Waals surface area contributed by atoms with E-state index in [0.29, 0.717) is 45.2 Å². The van der Waals surface area contributed by atoms with Crippen LogP contribution in [-0.4, -0.2) is 19.6 Å². The lowest BCUT2D eigenvalue weighted by atomic mass is 10.1. The van der Waals surface area contributed by atoms with E-state index in [9.17, 15) is 4.79 Å². The molecule has 0 fully saturated rings. The van der Waals surface area contributed by atoms with Crippen LogP contribution in [0.3, 0.4) is 0 Å². The van der Waals surface area contributed by atoms with Gasteiger partial charge in [-0.2, -0.15) is 0 Å². The number of ether oxygens (including phenoxy) is 3. The molecule has 0 bridgehead atoms. The van der Waals surface area contributed by atoms with Gasteiger partial charge < -0.3 is 19.5 Å². The summed E-state index contributed by atoms with van der Waals surface area (Å²) in [7, 11) is 1.59. The lowest BCUT2D eigenvalue weighted by Crippen LogP contribution is -2.13. The summed E-state index contributed by atoms with van der Waals surface area (Å²) in [6, 6.07) is 17.5. The Morgan fingerprint density at radius 1 is 0.900 bits per heavy atom. The molecule has 0 saturated carbocycles. The topological polar surface area (TPSA) is 56.8 Å². The molecule has 0 aliphatic heterocycles.